The molecule has 2 nitrogen and oxygen atoms in total. The lowest BCUT2D eigenvalue weighted by atomic mass is 9.89. The first kappa shape index (κ1) is 14.6. The topological polar surface area (TPSA) is 32.9 Å². The third-order valence-corrected chi connectivity index (χ3v) is 4.15. The zero-order chi connectivity index (χ0) is 14.7. The Morgan fingerprint density at radius 1 is 1.20 bits per heavy atom. The molecule has 1 aromatic heterocycles. The molecule has 0 aliphatic rings. The molecule has 0 atom stereocenters. The van der Waals surface area contributed by atoms with E-state index in [4.69, 9.17) is 0 Å². The SMILES string of the molecule is C=C(c1ccc2[nH]c(=O)c(CC)cc2c1)C(CC)CC. The van der Waals surface area contributed by atoms with E-state index in [0.29, 0.717) is 5.92 Å². The molecule has 0 aliphatic heterocycles. The predicted octanol–water partition coefficient (Wildman–Crippen LogP) is 4.54. The Kier molecular flexibility index (Phi) is 4.43. The molecule has 106 valence electrons. The van der Waals surface area contributed by atoms with Crippen LogP contribution in [0.5, 0.6) is 0 Å². The summed E-state index contributed by atoms with van der Waals surface area (Å²) in [4.78, 5) is 14.8. The Balaban J connectivity index is 2.50. The lowest BCUT2D eigenvalue weighted by molar-refractivity contribution is 0.625. The quantitative estimate of drug-likeness (QED) is 0.849. The summed E-state index contributed by atoms with van der Waals surface area (Å²) in [6, 6.07) is 8.19. The Morgan fingerprint density at radius 2 is 1.90 bits per heavy atom. The van der Waals surface area contributed by atoms with Gasteiger partial charge in [-0.2, -0.15) is 0 Å². The largest absolute Gasteiger partial charge is 0.322 e. The Labute approximate surface area is 120 Å². The van der Waals surface area contributed by atoms with Gasteiger partial charge in [0.1, 0.15) is 0 Å². The summed E-state index contributed by atoms with van der Waals surface area (Å²) in [5.74, 6) is 0.529. The monoisotopic (exact) mass is 269 g/mol. The van der Waals surface area contributed by atoms with Gasteiger partial charge < -0.3 is 4.98 Å². The molecule has 0 spiro atoms. The highest BCUT2D eigenvalue weighted by Gasteiger charge is 2.11. The maximum absolute atomic E-state index is 11.8. The van der Waals surface area contributed by atoms with Crippen LogP contribution in [-0.4, -0.2) is 4.98 Å². The number of pyridine rings is 1. The Hall–Kier alpha value is -1.83. The molecular weight excluding hydrogens is 246 g/mol. The van der Waals surface area contributed by atoms with Gasteiger partial charge in [0.15, 0.2) is 0 Å². The van der Waals surface area contributed by atoms with Gasteiger partial charge in [0.05, 0.1) is 0 Å². The van der Waals surface area contributed by atoms with Crippen molar-refractivity contribution in [3.8, 4) is 0 Å². The molecule has 0 aliphatic carbocycles. The van der Waals surface area contributed by atoms with Crippen molar-refractivity contribution in [3.05, 3.63) is 52.3 Å². The molecule has 0 unspecified atom stereocenters. The molecule has 0 bridgehead atoms. The first-order valence-corrected chi connectivity index (χ1v) is 7.45. The van der Waals surface area contributed by atoms with E-state index in [1.807, 2.05) is 19.1 Å². The fourth-order valence-corrected chi connectivity index (χ4v) is 2.73. The second-order valence-electron chi connectivity index (χ2n) is 5.32. The molecule has 1 aromatic carbocycles. The molecule has 2 rings (SSSR count). The van der Waals surface area contributed by atoms with E-state index in [2.05, 4.69) is 37.5 Å². The van der Waals surface area contributed by atoms with Crippen LogP contribution in [0.4, 0.5) is 0 Å². The van der Waals surface area contributed by atoms with Gasteiger partial charge in [-0.1, -0.05) is 33.4 Å². The van der Waals surface area contributed by atoms with E-state index in [0.717, 1.165) is 35.7 Å². The van der Waals surface area contributed by atoms with E-state index < -0.39 is 0 Å². The zero-order valence-corrected chi connectivity index (χ0v) is 12.6. The van der Waals surface area contributed by atoms with Gasteiger partial charge in [-0.3, -0.25) is 4.79 Å². The van der Waals surface area contributed by atoms with E-state index in [1.165, 1.54) is 11.1 Å². The van der Waals surface area contributed by atoms with Crippen LogP contribution in [0.3, 0.4) is 0 Å². The van der Waals surface area contributed by atoms with Crippen LogP contribution in [0.15, 0.2) is 35.6 Å². The van der Waals surface area contributed by atoms with Crippen LogP contribution in [0.1, 0.15) is 44.7 Å². The fraction of sp³-hybridized carbons (Fsp3) is 0.389. The van der Waals surface area contributed by atoms with E-state index in [1.54, 1.807) is 0 Å². The summed E-state index contributed by atoms with van der Waals surface area (Å²) in [6.45, 7) is 10.7. The minimum Gasteiger partial charge on any atom is -0.322 e. The number of allylic oxidation sites excluding steroid dienone is 1. The number of hydrogen-bond donors (Lipinski definition) is 1. The minimum absolute atomic E-state index is 0.0200. The van der Waals surface area contributed by atoms with E-state index in [-0.39, 0.29) is 5.56 Å². The van der Waals surface area contributed by atoms with Gasteiger partial charge in [0, 0.05) is 11.1 Å². The summed E-state index contributed by atoms with van der Waals surface area (Å²) in [7, 11) is 0. The Morgan fingerprint density at radius 3 is 2.50 bits per heavy atom. The highest BCUT2D eigenvalue weighted by molar-refractivity contribution is 5.83. The number of benzene rings is 1. The number of fused-ring (bicyclic) bond motifs is 1. The first-order valence-electron chi connectivity index (χ1n) is 7.45. The third kappa shape index (κ3) is 2.69. The zero-order valence-electron chi connectivity index (χ0n) is 12.6. The van der Waals surface area contributed by atoms with Crippen LogP contribution < -0.4 is 5.56 Å². The van der Waals surface area contributed by atoms with Gasteiger partial charge in [0.2, 0.25) is 0 Å². The van der Waals surface area contributed by atoms with Crippen LogP contribution in [0, 0.1) is 5.92 Å². The number of aromatic amines is 1. The predicted molar refractivity (Wildman–Crippen MR) is 87.1 cm³/mol. The van der Waals surface area contributed by atoms with Crippen molar-refractivity contribution >= 4 is 16.5 Å². The maximum atomic E-state index is 11.8. The van der Waals surface area contributed by atoms with Crippen LogP contribution in [0.2, 0.25) is 0 Å². The van der Waals surface area contributed by atoms with Gasteiger partial charge >= 0.3 is 0 Å². The number of aromatic nitrogens is 1. The second-order valence-corrected chi connectivity index (χ2v) is 5.32. The third-order valence-electron chi connectivity index (χ3n) is 4.15. The normalized spacial score (nSPS) is 11.2. The van der Waals surface area contributed by atoms with Crippen LogP contribution in [-0.2, 0) is 6.42 Å². The Bertz CT molecular complexity index is 677. The van der Waals surface area contributed by atoms with Gasteiger partial charge in [-0.25, -0.2) is 0 Å². The smallest absolute Gasteiger partial charge is 0.251 e. The number of H-pyrrole nitrogens is 1. The number of rotatable bonds is 5. The molecule has 0 radical (unpaired) electrons. The van der Waals surface area contributed by atoms with E-state index in [9.17, 15) is 4.79 Å². The molecule has 0 fully saturated rings. The molecule has 0 saturated heterocycles. The van der Waals surface area contributed by atoms with Crippen molar-refractivity contribution in [2.45, 2.75) is 40.0 Å². The maximum Gasteiger partial charge on any atom is 0.251 e. The van der Waals surface area contributed by atoms with Crippen molar-refractivity contribution in [1.82, 2.24) is 4.98 Å². The van der Waals surface area contributed by atoms with Gasteiger partial charge in [-0.15, -0.1) is 0 Å². The van der Waals surface area contributed by atoms with Crippen molar-refractivity contribution in [1.29, 1.82) is 0 Å². The second kappa shape index (κ2) is 6.08. The average Bonchev–Trinajstić information content (AvgIpc) is 2.47. The van der Waals surface area contributed by atoms with Crippen LogP contribution >= 0.6 is 0 Å². The summed E-state index contributed by atoms with van der Waals surface area (Å²) in [5.41, 5.74) is 4.13. The lowest BCUT2D eigenvalue weighted by Crippen LogP contribution is -2.11. The number of hydrogen-bond acceptors (Lipinski definition) is 1. The van der Waals surface area contributed by atoms with E-state index >= 15 is 0 Å². The van der Waals surface area contributed by atoms with Crippen molar-refractivity contribution < 1.29 is 0 Å². The summed E-state index contributed by atoms with van der Waals surface area (Å²) < 4.78 is 0. The molecule has 2 aromatic rings. The highest BCUT2D eigenvalue weighted by atomic mass is 16.1. The molecule has 0 saturated carbocycles. The van der Waals surface area contributed by atoms with Crippen LogP contribution in [0.25, 0.3) is 16.5 Å². The van der Waals surface area contributed by atoms with Gasteiger partial charge in [-0.05, 0) is 59.9 Å². The fourth-order valence-electron chi connectivity index (χ4n) is 2.73. The molecule has 1 N–H and O–H groups in total. The van der Waals surface area contributed by atoms with Crippen molar-refractivity contribution in [2.24, 2.45) is 5.92 Å². The summed E-state index contributed by atoms with van der Waals surface area (Å²) in [6.07, 6.45) is 2.97. The summed E-state index contributed by atoms with van der Waals surface area (Å²) in [5, 5.41) is 1.09. The molecule has 0 amide bonds. The standard InChI is InChI=1S/C18H23NO/c1-5-13(6-2)12(4)15-8-9-17-16(11-15)10-14(7-3)18(20)19-17/h8-11,13H,4-7H2,1-3H3,(H,19,20). The van der Waals surface area contributed by atoms with Gasteiger partial charge in [0.25, 0.3) is 5.56 Å². The average molecular weight is 269 g/mol. The molecular formula is C18H23NO. The number of nitrogens with one attached hydrogen (secondary N) is 1. The minimum atomic E-state index is 0.0200. The van der Waals surface area contributed by atoms with Crippen molar-refractivity contribution in [3.63, 3.8) is 0 Å². The first-order chi connectivity index (χ1) is 9.60. The molecule has 1 heterocycles. The lowest BCUT2D eigenvalue weighted by Gasteiger charge is -2.16. The highest BCUT2D eigenvalue weighted by Crippen LogP contribution is 2.28. The molecule has 2 heteroatoms. The number of aryl methyl sites for hydroxylation is 1. The molecule has 20 heavy (non-hydrogen) atoms. The summed E-state index contributed by atoms with van der Waals surface area (Å²) >= 11 is 0. The van der Waals surface area contributed by atoms with Crippen molar-refractivity contribution in [2.75, 3.05) is 0 Å².